The first kappa shape index (κ1) is 23.0. The average Bonchev–Trinajstić information content (AvgIpc) is 3.30. The number of nitrogens with zero attached hydrogens (tertiary/aromatic N) is 1. The quantitative estimate of drug-likeness (QED) is 0.314. The molecule has 0 unspecified atom stereocenters. The summed E-state index contributed by atoms with van der Waals surface area (Å²) in [6.45, 7) is 3.24. The van der Waals surface area contributed by atoms with Crippen LogP contribution in [-0.4, -0.2) is 45.9 Å². The van der Waals surface area contributed by atoms with Gasteiger partial charge in [-0.25, -0.2) is 0 Å². The number of ether oxygens (including phenoxy) is 1. The molecule has 2 aromatic heterocycles. The van der Waals surface area contributed by atoms with E-state index in [0.717, 1.165) is 5.56 Å². The number of aliphatic carboxylic acids is 1. The second-order valence-corrected chi connectivity index (χ2v) is 7.99. The maximum absolute atomic E-state index is 12.7. The van der Waals surface area contributed by atoms with E-state index in [1.165, 1.54) is 18.3 Å². The van der Waals surface area contributed by atoms with Gasteiger partial charge in [0.15, 0.2) is 6.61 Å². The van der Waals surface area contributed by atoms with Crippen LogP contribution in [0, 0.1) is 0 Å². The molecule has 0 aliphatic rings. The number of rotatable bonds is 10. The largest absolute Gasteiger partial charge is 0.482 e. The van der Waals surface area contributed by atoms with Crippen molar-refractivity contribution in [2.24, 2.45) is 5.73 Å². The van der Waals surface area contributed by atoms with E-state index in [1.54, 1.807) is 5.38 Å². The van der Waals surface area contributed by atoms with Gasteiger partial charge in [0, 0.05) is 17.6 Å². The van der Waals surface area contributed by atoms with E-state index >= 15 is 0 Å². The summed E-state index contributed by atoms with van der Waals surface area (Å²) in [4.78, 5) is 48.2. The molecule has 0 saturated carbocycles. The Balaban J connectivity index is 2.02. The van der Waals surface area contributed by atoms with Gasteiger partial charge in [-0.05, 0) is 18.9 Å². The van der Waals surface area contributed by atoms with Crippen LogP contribution < -0.4 is 15.8 Å². The number of amides is 2. The van der Waals surface area contributed by atoms with Crippen molar-refractivity contribution in [3.63, 3.8) is 0 Å². The molecule has 168 valence electrons. The van der Waals surface area contributed by atoms with Crippen molar-refractivity contribution in [1.29, 1.82) is 0 Å². The van der Waals surface area contributed by atoms with E-state index in [-0.39, 0.29) is 11.3 Å². The van der Waals surface area contributed by atoms with E-state index in [4.69, 9.17) is 15.6 Å². The Morgan fingerprint density at radius 1 is 1.22 bits per heavy atom. The molecule has 0 bridgehead atoms. The molecule has 9 nitrogen and oxygen atoms in total. The minimum Gasteiger partial charge on any atom is -0.482 e. The molecule has 2 amide bonds. The highest BCUT2D eigenvalue weighted by molar-refractivity contribution is 7.17. The summed E-state index contributed by atoms with van der Waals surface area (Å²) in [7, 11) is 0. The van der Waals surface area contributed by atoms with Gasteiger partial charge in [-0.1, -0.05) is 37.3 Å². The molecular weight excluding hydrogens is 434 g/mol. The van der Waals surface area contributed by atoms with Crippen LogP contribution in [0.4, 0.5) is 0 Å². The number of nitrogens with one attached hydrogen (secondary N) is 1. The number of benzene rings is 1. The zero-order valence-corrected chi connectivity index (χ0v) is 18.4. The summed E-state index contributed by atoms with van der Waals surface area (Å²) in [6.07, 6.45) is 0.471. The first-order valence-corrected chi connectivity index (χ1v) is 10.8. The molecule has 1 atom stereocenters. The molecule has 0 saturated heterocycles. The second kappa shape index (κ2) is 9.65. The zero-order chi connectivity index (χ0) is 23.4. The van der Waals surface area contributed by atoms with Gasteiger partial charge >= 0.3 is 5.97 Å². The van der Waals surface area contributed by atoms with Crippen LogP contribution in [0.2, 0.25) is 0 Å². The lowest BCUT2D eigenvalue weighted by atomic mass is 10.1. The van der Waals surface area contributed by atoms with Gasteiger partial charge in [-0.2, -0.15) is 0 Å². The Morgan fingerprint density at radius 2 is 1.91 bits per heavy atom. The Kier molecular flexibility index (Phi) is 6.94. The number of aromatic nitrogens is 1. The number of primary amides is 1. The number of hydrogen-bond acceptors (Lipinski definition) is 6. The van der Waals surface area contributed by atoms with Crippen LogP contribution in [0.25, 0.3) is 10.2 Å². The highest BCUT2D eigenvalue weighted by Gasteiger charge is 2.29. The van der Waals surface area contributed by atoms with E-state index < -0.39 is 36.2 Å². The minimum absolute atomic E-state index is 0.168. The third kappa shape index (κ3) is 4.65. The Hall–Kier alpha value is -3.66. The highest BCUT2D eigenvalue weighted by Crippen LogP contribution is 2.40. The second-order valence-electron chi connectivity index (χ2n) is 7.14. The van der Waals surface area contributed by atoms with Crippen molar-refractivity contribution in [1.82, 2.24) is 9.88 Å². The van der Waals surface area contributed by atoms with Gasteiger partial charge in [0.1, 0.15) is 16.6 Å². The molecule has 0 fully saturated rings. The standard InChI is InChI=1S/C22H23N3O6S/c1-3-14-17(19(27)20(23)28)18-15(31-10-16(26)24-12(2)22(29)30)11-32-21(18)25(14)9-13-7-5-4-6-8-13/h4-8,11-12H,3,9-10H2,1-2H3,(H2,23,28)(H,24,26)(H,29,30)/t12-/m0/s1. The fourth-order valence-corrected chi connectivity index (χ4v) is 4.45. The lowest BCUT2D eigenvalue weighted by Gasteiger charge is -2.10. The SMILES string of the molecule is CCc1c(C(=O)C(N)=O)c2c(OCC(=O)N[C@@H](C)C(=O)O)csc2n1Cc1ccccc1. The van der Waals surface area contributed by atoms with Crippen LogP contribution in [0.3, 0.4) is 0 Å². The number of thiophene rings is 1. The minimum atomic E-state index is -1.17. The molecule has 3 aromatic rings. The number of hydrogen-bond donors (Lipinski definition) is 3. The Bertz CT molecular complexity index is 1180. The normalized spacial score (nSPS) is 11.8. The Morgan fingerprint density at radius 3 is 2.50 bits per heavy atom. The molecule has 2 heterocycles. The number of carboxylic acids is 1. The number of carbonyl (C=O) groups is 4. The fourth-order valence-electron chi connectivity index (χ4n) is 3.43. The molecular formula is C22H23N3O6S. The molecule has 32 heavy (non-hydrogen) atoms. The van der Waals surface area contributed by atoms with E-state index in [2.05, 4.69) is 5.32 Å². The molecule has 4 N–H and O–H groups in total. The van der Waals surface area contributed by atoms with Gasteiger partial charge in [-0.3, -0.25) is 19.2 Å². The number of carbonyl (C=O) groups excluding carboxylic acids is 3. The number of nitrogens with two attached hydrogens (primary N) is 1. The summed E-state index contributed by atoms with van der Waals surface area (Å²) in [5.41, 5.74) is 7.14. The van der Waals surface area contributed by atoms with Gasteiger partial charge in [0.05, 0.1) is 10.9 Å². The van der Waals surface area contributed by atoms with Gasteiger partial charge in [0.2, 0.25) is 0 Å². The summed E-state index contributed by atoms with van der Waals surface area (Å²) in [5.74, 6) is -3.44. The van der Waals surface area contributed by atoms with Gasteiger partial charge < -0.3 is 25.5 Å². The van der Waals surface area contributed by atoms with Crippen LogP contribution in [-0.2, 0) is 27.3 Å². The van der Waals surface area contributed by atoms with Crippen molar-refractivity contribution < 1.29 is 29.0 Å². The van der Waals surface area contributed by atoms with Crippen molar-refractivity contribution >= 4 is 45.1 Å². The summed E-state index contributed by atoms with van der Waals surface area (Å²) >= 11 is 1.32. The number of Topliss-reactive ketones (excluding diaryl/α,β-unsaturated/α-hetero) is 1. The third-order valence-corrected chi connectivity index (χ3v) is 5.90. The molecule has 1 aromatic carbocycles. The zero-order valence-electron chi connectivity index (χ0n) is 17.6. The summed E-state index contributed by atoms with van der Waals surface area (Å²) in [5, 5.41) is 13.3. The Labute approximate surface area is 187 Å². The van der Waals surface area contributed by atoms with Gasteiger partial charge in [0.25, 0.3) is 17.6 Å². The van der Waals surface area contributed by atoms with E-state index in [9.17, 15) is 19.2 Å². The first-order chi connectivity index (χ1) is 15.2. The topological polar surface area (TPSA) is 141 Å². The number of fused-ring (bicyclic) bond motifs is 1. The van der Waals surface area contributed by atoms with Crippen LogP contribution in [0.5, 0.6) is 5.75 Å². The van der Waals surface area contributed by atoms with Crippen molar-refractivity contribution in [2.75, 3.05) is 6.61 Å². The van der Waals surface area contributed by atoms with Crippen molar-refractivity contribution in [2.45, 2.75) is 32.9 Å². The van der Waals surface area contributed by atoms with Crippen LogP contribution in [0.15, 0.2) is 35.7 Å². The lowest BCUT2D eigenvalue weighted by molar-refractivity contribution is -0.141. The molecule has 10 heteroatoms. The first-order valence-electron chi connectivity index (χ1n) is 9.90. The predicted octanol–water partition coefficient (Wildman–Crippen LogP) is 1.95. The highest BCUT2D eigenvalue weighted by atomic mass is 32.1. The predicted molar refractivity (Wildman–Crippen MR) is 119 cm³/mol. The van der Waals surface area contributed by atoms with E-state index in [1.807, 2.05) is 41.8 Å². The maximum Gasteiger partial charge on any atom is 0.325 e. The smallest absolute Gasteiger partial charge is 0.325 e. The lowest BCUT2D eigenvalue weighted by Crippen LogP contribution is -2.40. The average molecular weight is 458 g/mol. The summed E-state index contributed by atoms with van der Waals surface area (Å²) in [6, 6.07) is 8.58. The summed E-state index contributed by atoms with van der Waals surface area (Å²) < 4.78 is 7.57. The van der Waals surface area contributed by atoms with Crippen LogP contribution >= 0.6 is 11.3 Å². The number of carboxylic acid groups (broad SMARTS) is 1. The van der Waals surface area contributed by atoms with Crippen molar-refractivity contribution in [3.05, 3.63) is 52.5 Å². The molecule has 0 aliphatic carbocycles. The maximum atomic E-state index is 12.7. The third-order valence-electron chi connectivity index (χ3n) is 4.92. The van der Waals surface area contributed by atoms with Crippen LogP contribution in [0.1, 0.15) is 35.5 Å². The van der Waals surface area contributed by atoms with E-state index in [0.29, 0.717) is 28.9 Å². The monoisotopic (exact) mass is 457 g/mol. The molecule has 0 spiro atoms. The molecule has 0 radical (unpaired) electrons. The van der Waals surface area contributed by atoms with Crippen molar-refractivity contribution in [3.8, 4) is 5.75 Å². The molecule has 3 rings (SSSR count). The van der Waals surface area contributed by atoms with Gasteiger partial charge in [-0.15, -0.1) is 11.3 Å². The molecule has 0 aliphatic heterocycles. The fraction of sp³-hybridized carbons (Fsp3) is 0.273. The number of ketones is 1.